The number of nitrogens with one attached hydrogen (secondary N) is 1. The molecule has 5 rings (SSSR count). The average molecular weight is 486 g/mol. The van der Waals surface area contributed by atoms with Crippen LogP contribution in [0.4, 0.5) is 5.82 Å². The number of aromatic nitrogens is 2. The van der Waals surface area contributed by atoms with Crippen molar-refractivity contribution in [1.82, 2.24) is 9.78 Å². The minimum atomic E-state index is -0.449. The van der Waals surface area contributed by atoms with Crippen LogP contribution in [0, 0.1) is 6.92 Å². The summed E-state index contributed by atoms with van der Waals surface area (Å²) in [4.78, 5) is 27.2. The zero-order valence-electron chi connectivity index (χ0n) is 19.6. The van der Waals surface area contributed by atoms with Crippen molar-refractivity contribution in [2.75, 3.05) is 11.9 Å². The van der Waals surface area contributed by atoms with Gasteiger partial charge in [-0.05, 0) is 56.4 Å². The molecule has 0 unspecified atom stereocenters. The maximum absolute atomic E-state index is 12.7. The fourth-order valence-corrected chi connectivity index (χ4v) is 5.40. The topological polar surface area (TPSA) is 73.2 Å². The molecule has 4 aromatic rings. The number of hydrogen-bond donors (Lipinski definition) is 1. The van der Waals surface area contributed by atoms with Crippen molar-refractivity contribution in [3.05, 3.63) is 87.6 Å². The number of esters is 1. The molecule has 1 aliphatic rings. The lowest BCUT2D eigenvalue weighted by molar-refractivity contribution is -0.119. The molecule has 1 aliphatic carbocycles. The number of carbonyl (C=O) groups excluding carboxylic acids is 2. The van der Waals surface area contributed by atoms with Gasteiger partial charge < -0.3 is 10.1 Å². The summed E-state index contributed by atoms with van der Waals surface area (Å²) in [5, 5.41) is 7.58. The van der Waals surface area contributed by atoms with Gasteiger partial charge in [-0.25, -0.2) is 9.48 Å². The average Bonchev–Trinajstić information content (AvgIpc) is 3.41. The van der Waals surface area contributed by atoms with Gasteiger partial charge in [-0.15, -0.1) is 11.3 Å². The number of anilines is 1. The monoisotopic (exact) mass is 485 g/mol. The third-order valence-corrected chi connectivity index (χ3v) is 7.32. The van der Waals surface area contributed by atoms with Gasteiger partial charge >= 0.3 is 5.97 Å². The van der Waals surface area contributed by atoms with Crippen LogP contribution in [-0.4, -0.2) is 28.3 Å². The molecule has 35 heavy (non-hydrogen) atoms. The number of hydrogen-bond acceptors (Lipinski definition) is 5. The first kappa shape index (κ1) is 23.1. The van der Waals surface area contributed by atoms with Crippen LogP contribution in [0.25, 0.3) is 16.9 Å². The summed E-state index contributed by atoms with van der Waals surface area (Å²) >= 11 is 1.49. The maximum Gasteiger partial charge on any atom is 0.348 e. The van der Waals surface area contributed by atoms with E-state index in [1.807, 2.05) is 73.7 Å². The predicted molar refractivity (Wildman–Crippen MR) is 138 cm³/mol. The van der Waals surface area contributed by atoms with E-state index in [4.69, 9.17) is 9.84 Å². The number of thiophene rings is 1. The number of benzene rings is 2. The van der Waals surface area contributed by atoms with Crippen molar-refractivity contribution < 1.29 is 14.3 Å². The number of nitrogens with zero attached hydrogens (tertiary/aromatic N) is 2. The number of amides is 1. The summed E-state index contributed by atoms with van der Waals surface area (Å²) in [6, 6.07) is 21.4. The number of ether oxygens (including phenoxy) is 1. The van der Waals surface area contributed by atoms with Gasteiger partial charge in [0.1, 0.15) is 10.7 Å². The molecule has 1 amide bonds. The number of aryl methyl sites for hydroxylation is 3. The smallest absolute Gasteiger partial charge is 0.348 e. The van der Waals surface area contributed by atoms with Gasteiger partial charge in [0.05, 0.1) is 11.4 Å². The van der Waals surface area contributed by atoms with Crippen LogP contribution in [-0.2, 0) is 22.4 Å². The van der Waals surface area contributed by atoms with E-state index in [-0.39, 0.29) is 6.61 Å². The van der Waals surface area contributed by atoms with Gasteiger partial charge in [0.2, 0.25) is 0 Å². The Morgan fingerprint density at radius 3 is 2.57 bits per heavy atom. The number of carbonyl (C=O) groups is 2. The summed E-state index contributed by atoms with van der Waals surface area (Å²) in [6.45, 7) is 1.67. The number of fused-ring (bicyclic) bond motifs is 1. The largest absolute Gasteiger partial charge is 0.451 e. The van der Waals surface area contributed by atoms with Crippen molar-refractivity contribution >= 4 is 29.0 Å². The molecule has 0 bridgehead atoms. The highest BCUT2D eigenvalue weighted by atomic mass is 32.1. The molecule has 178 valence electrons. The standard InChI is InChI=1S/C28H27N3O3S/c1-19-12-14-20(15-13-19)23-17-26(31(30-23)22-9-5-3-6-10-22)29-27(32)18-34-28(33)25-16-21-8-4-2-7-11-24(21)35-25/h3,5-6,9-10,12-17H,2,4,7-8,11,18H2,1H3,(H,29,32). The molecule has 2 aromatic carbocycles. The Kier molecular flexibility index (Phi) is 6.77. The SMILES string of the molecule is Cc1ccc(-c2cc(NC(=O)COC(=O)c3cc4c(s3)CCCCC4)n(-c3ccccc3)n2)cc1. The Labute approximate surface area is 208 Å². The summed E-state index contributed by atoms with van der Waals surface area (Å²) in [5.41, 5.74) is 4.91. The molecule has 1 N–H and O–H groups in total. The highest BCUT2D eigenvalue weighted by Crippen LogP contribution is 2.29. The molecule has 0 radical (unpaired) electrons. The number of rotatable bonds is 6. The summed E-state index contributed by atoms with van der Waals surface area (Å²) in [5.74, 6) is -0.352. The van der Waals surface area contributed by atoms with E-state index in [0.29, 0.717) is 10.7 Å². The van der Waals surface area contributed by atoms with Gasteiger partial charge in [0.15, 0.2) is 6.61 Å². The van der Waals surface area contributed by atoms with Gasteiger partial charge in [0.25, 0.3) is 5.91 Å². The molecule has 7 heteroatoms. The van der Waals surface area contributed by atoms with Crippen LogP contribution in [0.1, 0.15) is 44.9 Å². The number of para-hydroxylation sites is 1. The lowest BCUT2D eigenvalue weighted by atomic mass is 10.1. The molecular formula is C28H27N3O3S. The minimum Gasteiger partial charge on any atom is -0.451 e. The van der Waals surface area contributed by atoms with E-state index < -0.39 is 11.9 Å². The van der Waals surface area contributed by atoms with Crippen LogP contribution in [0.5, 0.6) is 0 Å². The molecule has 6 nitrogen and oxygen atoms in total. The molecule has 2 heterocycles. The Hall–Kier alpha value is -3.71. The molecule has 2 aromatic heterocycles. The summed E-state index contributed by atoms with van der Waals surface area (Å²) < 4.78 is 7.04. The molecular weight excluding hydrogens is 458 g/mol. The third-order valence-electron chi connectivity index (χ3n) is 6.11. The zero-order chi connectivity index (χ0) is 24.2. The van der Waals surface area contributed by atoms with Gasteiger partial charge in [0, 0.05) is 16.5 Å². The lowest BCUT2D eigenvalue weighted by Gasteiger charge is -2.09. The van der Waals surface area contributed by atoms with Crippen molar-refractivity contribution in [3.8, 4) is 16.9 Å². The second-order valence-corrected chi connectivity index (χ2v) is 9.91. The molecule has 0 saturated carbocycles. The Morgan fingerprint density at radius 2 is 1.77 bits per heavy atom. The van der Waals surface area contributed by atoms with Crippen LogP contribution < -0.4 is 5.32 Å². The lowest BCUT2D eigenvalue weighted by Crippen LogP contribution is -2.22. The van der Waals surface area contributed by atoms with Crippen LogP contribution in [0.2, 0.25) is 0 Å². The Balaban J connectivity index is 1.30. The first-order valence-electron chi connectivity index (χ1n) is 11.9. The molecule has 0 aliphatic heterocycles. The summed E-state index contributed by atoms with van der Waals surface area (Å²) in [6.07, 6.45) is 5.56. The van der Waals surface area contributed by atoms with E-state index in [9.17, 15) is 9.59 Å². The first-order valence-corrected chi connectivity index (χ1v) is 12.7. The van der Waals surface area contributed by atoms with E-state index >= 15 is 0 Å². The highest BCUT2D eigenvalue weighted by molar-refractivity contribution is 7.14. The quantitative estimate of drug-likeness (QED) is 0.270. The molecule has 0 saturated heterocycles. The Morgan fingerprint density at radius 1 is 1.00 bits per heavy atom. The van der Waals surface area contributed by atoms with Crippen molar-refractivity contribution in [2.24, 2.45) is 0 Å². The maximum atomic E-state index is 12.7. The minimum absolute atomic E-state index is 0.360. The fourth-order valence-electron chi connectivity index (χ4n) is 4.25. The van der Waals surface area contributed by atoms with E-state index in [0.717, 1.165) is 48.2 Å². The third kappa shape index (κ3) is 5.35. The molecule has 0 atom stereocenters. The van der Waals surface area contributed by atoms with Gasteiger partial charge in [-0.1, -0.05) is 54.4 Å². The van der Waals surface area contributed by atoms with Gasteiger partial charge in [-0.3, -0.25) is 4.79 Å². The Bertz CT molecular complexity index is 1320. The second-order valence-electron chi connectivity index (χ2n) is 8.77. The summed E-state index contributed by atoms with van der Waals surface area (Å²) in [7, 11) is 0. The van der Waals surface area contributed by atoms with Crippen LogP contribution in [0.3, 0.4) is 0 Å². The van der Waals surface area contributed by atoms with Crippen LogP contribution in [0.15, 0.2) is 66.7 Å². The van der Waals surface area contributed by atoms with Crippen molar-refractivity contribution in [1.29, 1.82) is 0 Å². The zero-order valence-corrected chi connectivity index (χ0v) is 20.4. The van der Waals surface area contributed by atoms with Crippen molar-refractivity contribution in [2.45, 2.75) is 39.0 Å². The van der Waals surface area contributed by atoms with E-state index in [1.165, 1.54) is 28.2 Å². The predicted octanol–water partition coefficient (Wildman–Crippen LogP) is 5.97. The molecule has 0 spiro atoms. The van der Waals surface area contributed by atoms with Crippen molar-refractivity contribution in [3.63, 3.8) is 0 Å². The fraction of sp³-hybridized carbons (Fsp3) is 0.250. The molecule has 0 fully saturated rings. The van der Waals surface area contributed by atoms with Gasteiger partial charge in [-0.2, -0.15) is 5.10 Å². The van der Waals surface area contributed by atoms with E-state index in [1.54, 1.807) is 4.68 Å². The first-order chi connectivity index (χ1) is 17.1. The highest BCUT2D eigenvalue weighted by Gasteiger charge is 2.19. The second kappa shape index (κ2) is 10.3. The van der Waals surface area contributed by atoms with E-state index in [2.05, 4.69) is 5.32 Å². The normalized spacial score (nSPS) is 13.1. The van der Waals surface area contributed by atoms with Crippen LogP contribution >= 0.6 is 11.3 Å².